The molecule has 0 aliphatic rings. The predicted molar refractivity (Wildman–Crippen MR) is 219 cm³/mol. The first kappa shape index (κ1) is 43.7. The number of rotatable bonds is 11. The van der Waals surface area contributed by atoms with Gasteiger partial charge in [-0.25, -0.2) is 0 Å². The summed E-state index contributed by atoms with van der Waals surface area (Å²) in [4.78, 5) is 24.8. The first-order valence-corrected chi connectivity index (χ1v) is 19.0. The van der Waals surface area contributed by atoms with E-state index in [4.69, 9.17) is 17.2 Å². The third-order valence-electron chi connectivity index (χ3n) is 8.49. The molecule has 0 spiro atoms. The zero-order valence-electron chi connectivity index (χ0n) is 30.0. The number of hydrogen-bond acceptors (Lipinski definition) is 10. The molecule has 0 aliphatic heterocycles. The third-order valence-corrected chi connectivity index (χ3v) is 11.7. The van der Waals surface area contributed by atoms with E-state index in [0.29, 0.717) is 28.2 Å². The zero-order valence-corrected chi connectivity index (χ0v) is 33.7. The largest absolute Gasteiger partial charge is 0.368 e. The number of carbonyl (C=O) groups excluding carboxylic acids is 2. The molecule has 0 fully saturated rings. The summed E-state index contributed by atoms with van der Waals surface area (Å²) >= 11 is 0. The zero-order chi connectivity index (χ0) is 38.0. The molecule has 0 unspecified atom stereocenters. The average Bonchev–Trinajstić information content (AvgIpc) is 3.72. The number of benzene rings is 4. The van der Waals surface area contributed by atoms with Gasteiger partial charge in [0.2, 0.25) is 11.8 Å². The molecule has 2 aromatic heterocycles. The van der Waals surface area contributed by atoms with Crippen LogP contribution in [0.1, 0.15) is 22.3 Å². The summed E-state index contributed by atoms with van der Waals surface area (Å²) in [5.41, 5.74) is 20.9. The van der Waals surface area contributed by atoms with E-state index < -0.39 is 43.9 Å². The van der Waals surface area contributed by atoms with Crippen molar-refractivity contribution < 1.29 is 26.4 Å². The highest BCUT2D eigenvalue weighted by Crippen LogP contribution is 2.24. The summed E-state index contributed by atoms with van der Waals surface area (Å²) in [7, 11) is -3.98. The van der Waals surface area contributed by atoms with Gasteiger partial charge in [0.05, 0.1) is 45.3 Å². The van der Waals surface area contributed by atoms with Crippen LogP contribution in [0.5, 0.6) is 0 Å². The van der Waals surface area contributed by atoms with Crippen LogP contribution in [-0.2, 0) is 42.5 Å². The van der Waals surface area contributed by atoms with Crippen LogP contribution >= 0.6 is 27.0 Å². The molecule has 288 valence electrons. The minimum Gasteiger partial charge on any atom is -0.368 e. The normalized spacial score (nSPS) is 12.6. The first-order valence-electron chi connectivity index (χ1n) is 16.1. The molecule has 54 heavy (non-hydrogen) atoms. The monoisotopic (exact) mass is 812 g/mol. The minimum absolute atomic E-state index is 0. The number of carbonyl (C=O) groups is 2. The van der Waals surface area contributed by atoms with Crippen molar-refractivity contribution in [3.63, 3.8) is 0 Å². The van der Waals surface area contributed by atoms with E-state index >= 15 is 0 Å². The fourth-order valence-corrected chi connectivity index (χ4v) is 8.04. The molecule has 0 bridgehead atoms. The Morgan fingerprint density at radius 3 is 1.39 bits per heavy atom. The van der Waals surface area contributed by atoms with Crippen LogP contribution in [0.4, 0.5) is 0 Å². The molecule has 18 heteroatoms. The van der Waals surface area contributed by atoms with Crippen LogP contribution in [0.3, 0.4) is 0 Å². The van der Waals surface area contributed by atoms with Crippen LogP contribution < -0.4 is 17.2 Å². The van der Waals surface area contributed by atoms with Crippen LogP contribution in [0.2, 0.25) is 0 Å². The van der Waals surface area contributed by atoms with Gasteiger partial charge >= 0.3 is 0 Å². The van der Waals surface area contributed by atoms with Crippen molar-refractivity contribution in [2.24, 2.45) is 17.2 Å². The van der Waals surface area contributed by atoms with Gasteiger partial charge in [0.25, 0.3) is 20.0 Å². The maximum absolute atomic E-state index is 12.9. The number of primary amides is 2. The van der Waals surface area contributed by atoms with Crippen molar-refractivity contribution in [2.75, 3.05) is 14.1 Å². The second-order valence-electron chi connectivity index (χ2n) is 12.7. The van der Waals surface area contributed by atoms with E-state index in [9.17, 15) is 26.4 Å². The molecule has 2 amide bonds. The molecule has 0 radical (unpaired) electrons. The number of aryl methyl sites for hydroxylation is 2. The van der Waals surface area contributed by atoms with Gasteiger partial charge in [-0.2, -0.15) is 62.2 Å². The Labute approximate surface area is 328 Å². The molecule has 0 aliphatic carbocycles. The molecule has 6 aromatic rings. The van der Waals surface area contributed by atoms with Crippen molar-refractivity contribution in [2.45, 2.75) is 48.6 Å². The molecular formula is C36H44N8O6S4. The van der Waals surface area contributed by atoms with Crippen LogP contribution in [0.25, 0.3) is 21.8 Å². The van der Waals surface area contributed by atoms with Gasteiger partial charge in [0.1, 0.15) is 0 Å². The molecular weight excluding hydrogens is 769 g/mol. The van der Waals surface area contributed by atoms with Gasteiger partial charge in [-0.1, -0.05) is 47.5 Å². The average molecular weight is 813 g/mol. The molecule has 6 N–H and O–H groups in total. The van der Waals surface area contributed by atoms with Crippen molar-refractivity contribution >= 4 is 80.7 Å². The number of likely N-dealkylation sites (N-methyl/N-ethyl adjacent to an activating group) is 1. The number of nitrogens with zero attached hydrogens (tertiary/aromatic N) is 5. The quantitative estimate of drug-likeness (QED) is 0.174. The van der Waals surface area contributed by atoms with Gasteiger partial charge < -0.3 is 17.2 Å². The molecule has 6 rings (SSSR count). The van der Waals surface area contributed by atoms with Crippen molar-refractivity contribution in [3.8, 4) is 0 Å². The standard InChI is InChI=1S/C19H22N4O3S.C17H18N4O3S.2H2S/c1-13-4-7-16(8-5-13)27(25,26)23-17-9-6-14(10-15(17)12-21-23)11-18(19(20)24)22(2)3;1-11-2-5-14(6-3-11)25(23,24)21-16-7-4-12(8-13(16)10-20-21)9-15(18)17(19)22;;/h4-10,12,18H,11H2,1-3H3,(H2,20,24);2-8,10,15H,9,18H2,1H3,(H2,19,22);2*1H2/t18-;15-;;/m00../s1. The Hall–Kier alpha value is -4.72. The Morgan fingerprint density at radius 2 is 1.04 bits per heavy atom. The molecule has 2 atom stereocenters. The summed E-state index contributed by atoms with van der Waals surface area (Å²) in [6.45, 7) is 3.78. The fourth-order valence-electron chi connectivity index (χ4n) is 5.49. The third kappa shape index (κ3) is 9.49. The lowest BCUT2D eigenvalue weighted by molar-refractivity contribution is -0.122. The lowest BCUT2D eigenvalue weighted by Crippen LogP contribution is -2.41. The number of nitrogens with two attached hydrogens (primary N) is 3. The summed E-state index contributed by atoms with van der Waals surface area (Å²) in [5.74, 6) is -0.990. The number of hydrogen-bond donors (Lipinski definition) is 3. The van der Waals surface area contributed by atoms with Crippen molar-refractivity contribution in [1.82, 2.24) is 23.3 Å². The topological polar surface area (TPSA) is 219 Å². The molecule has 14 nitrogen and oxygen atoms in total. The second-order valence-corrected chi connectivity index (χ2v) is 16.2. The number of aromatic nitrogens is 4. The van der Waals surface area contributed by atoms with Crippen LogP contribution in [0, 0.1) is 13.8 Å². The van der Waals surface area contributed by atoms with Gasteiger partial charge in [0.15, 0.2) is 0 Å². The Morgan fingerprint density at radius 1 is 0.648 bits per heavy atom. The Bertz CT molecular complexity index is 2480. The van der Waals surface area contributed by atoms with Gasteiger partial charge in [-0.05, 0) is 100 Å². The molecule has 0 saturated carbocycles. The molecule has 4 aromatic carbocycles. The van der Waals surface area contributed by atoms with Gasteiger partial charge in [-0.3, -0.25) is 14.5 Å². The van der Waals surface area contributed by atoms with Crippen LogP contribution in [-0.4, -0.2) is 78.1 Å². The first-order chi connectivity index (χ1) is 24.5. The smallest absolute Gasteiger partial charge is 0.283 e. The van der Waals surface area contributed by atoms with Gasteiger partial charge in [0, 0.05) is 10.8 Å². The molecule has 0 saturated heterocycles. The minimum atomic E-state index is -3.78. The summed E-state index contributed by atoms with van der Waals surface area (Å²) in [6, 6.07) is 22.5. The van der Waals surface area contributed by atoms with E-state index in [1.54, 1.807) is 97.9 Å². The predicted octanol–water partition coefficient (Wildman–Crippen LogP) is 2.70. The van der Waals surface area contributed by atoms with Crippen LogP contribution in [0.15, 0.2) is 107 Å². The highest BCUT2D eigenvalue weighted by atomic mass is 32.2. The van der Waals surface area contributed by atoms with E-state index in [1.807, 2.05) is 19.9 Å². The highest BCUT2D eigenvalue weighted by molar-refractivity contribution is 7.90. The van der Waals surface area contributed by atoms with E-state index in [1.165, 1.54) is 12.4 Å². The van der Waals surface area contributed by atoms with E-state index in [0.717, 1.165) is 30.4 Å². The maximum atomic E-state index is 12.9. The van der Waals surface area contributed by atoms with Gasteiger partial charge in [-0.15, -0.1) is 0 Å². The lowest BCUT2D eigenvalue weighted by atomic mass is 10.0. The van der Waals surface area contributed by atoms with Crippen molar-refractivity contribution in [3.05, 3.63) is 120 Å². The second kappa shape index (κ2) is 17.6. The number of fused-ring (bicyclic) bond motifs is 2. The lowest BCUT2D eigenvalue weighted by Gasteiger charge is -2.21. The van der Waals surface area contributed by atoms with E-state index in [2.05, 4.69) is 10.2 Å². The SMILES string of the molecule is Cc1ccc(S(=O)(=O)n2ncc3cc(C[C@@H](C(N)=O)N(C)C)ccc32)cc1.Cc1ccc(S(=O)(=O)n2ncc3cc(C[C@H](N)C(N)=O)ccc32)cc1.S.S. The fraction of sp³-hybridized carbons (Fsp3) is 0.222. The Kier molecular flexibility index (Phi) is 14.2. The highest BCUT2D eigenvalue weighted by Gasteiger charge is 2.23. The maximum Gasteiger partial charge on any atom is 0.283 e. The summed E-state index contributed by atoms with van der Waals surface area (Å²) in [6.07, 6.45) is 3.70. The summed E-state index contributed by atoms with van der Waals surface area (Å²) in [5, 5.41) is 9.44. The Balaban J connectivity index is 0.000000281. The van der Waals surface area contributed by atoms with Crippen molar-refractivity contribution in [1.29, 1.82) is 0 Å². The molecule has 2 heterocycles. The number of amides is 2. The van der Waals surface area contributed by atoms with E-state index in [-0.39, 0.29) is 43.2 Å². The summed E-state index contributed by atoms with van der Waals surface area (Å²) < 4.78 is 53.4.